The quantitative estimate of drug-likeness (QED) is 0.198. The number of hydrogen-bond donors (Lipinski definition) is 6. The molecule has 0 aromatic heterocycles. The Morgan fingerprint density at radius 2 is 0.970 bits per heavy atom. The molecule has 33 heavy (non-hydrogen) atoms. The van der Waals surface area contributed by atoms with Gasteiger partial charge in [0.25, 0.3) is 0 Å². The number of carboxylic acid groups (broad SMARTS) is 2. The van der Waals surface area contributed by atoms with Gasteiger partial charge in [0.1, 0.15) is 18.1 Å². The van der Waals surface area contributed by atoms with Crippen molar-refractivity contribution in [3.63, 3.8) is 0 Å². The summed E-state index contributed by atoms with van der Waals surface area (Å²) in [4.78, 5) is 60.4. The van der Waals surface area contributed by atoms with Crippen LogP contribution in [-0.4, -0.2) is 64.0 Å². The van der Waals surface area contributed by atoms with Crippen LogP contribution in [0.4, 0.5) is 0 Å². The Morgan fingerprint density at radius 1 is 0.636 bits per heavy atom. The first kappa shape index (κ1) is 30.3. The number of carbonyl (C=O) groups is 5. The van der Waals surface area contributed by atoms with Gasteiger partial charge in [0, 0.05) is 0 Å². The van der Waals surface area contributed by atoms with Gasteiger partial charge in [0.2, 0.25) is 17.7 Å². The molecule has 0 saturated heterocycles. The number of aliphatic carboxylic acids is 2. The first-order chi connectivity index (χ1) is 15.1. The topological polar surface area (TPSA) is 188 Å². The van der Waals surface area contributed by atoms with Crippen LogP contribution in [-0.2, 0) is 24.0 Å². The average molecular weight is 473 g/mol. The summed E-state index contributed by atoms with van der Waals surface area (Å²) in [7, 11) is 0. The minimum atomic E-state index is -1.33. The lowest BCUT2D eigenvalue weighted by Gasteiger charge is -2.27. The zero-order valence-corrected chi connectivity index (χ0v) is 20.4. The van der Waals surface area contributed by atoms with E-state index in [9.17, 15) is 29.1 Å². The molecule has 4 unspecified atom stereocenters. The standard InChI is InChI=1S/C22H40N4O7/c1-11(2)7-15(24-19(29)14(23)10-18(27)28)20(30)25-16(8-12(3)4)21(31)26-17(22(32)33)9-13(5)6/h11-17H,7-10,23H2,1-6H3,(H,24,29)(H,25,30)(H,26,31)(H,27,28)(H,32,33). The van der Waals surface area contributed by atoms with Gasteiger partial charge in [-0.05, 0) is 37.0 Å². The number of hydrogen-bond acceptors (Lipinski definition) is 6. The number of carboxylic acids is 2. The molecule has 0 aromatic carbocycles. The SMILES string of the molecule is CC(C)CC(NC(=O)C(CC(C)C)NC(=O)C(CC(C)C)NC(=O)C(N)CC(=O)O)C(=O)O. The molecule has 0 bridgehead atoms. The normalized spacial score (nSPS) is 15.0. The van der Waals surface area contributed by atoms with E-state index in [1.165, 1.54) is 0 Å². The highest BCUT2D eigenvalue weighted by atomic mass is 16.4. The van der Waals surface area contributed by atoms with Gasteiger partial charge in [0.05, 0.1) is 12.5 Å². The Hall–Kier alpha value is -2.69. The van der Waals surface area contributed by atoms with E-state index in [0.717, 1.165) is 0 Å². The average Bonchev–Trinajstić information content (AvgIpc) is 2.64. The van der Waals surface area contributed by atoms with Crippen molar-refractivity contribution >= 4 is 29.7 Å². The van der Waals surface area contributed by atoms with Crippen LogP contribution in [0, 0.1) is 17.8 Å². The summed E-state index contributed by atoms with van der Waals surface area (Å²) >= 11 is 0. The summed E-state index contributed by atoms with van der Waals surface area (Å²) in [6.45, 7) is 11.1. The van der Waals surface area contributed by atoms with Gasteiger partial charge >= 0.3 is 11.9 Å². The Balaban J connectivity index is 5.52. The van der Waals surface area contributed by atoms with Gasteiger partial charge in [-0.25, -0.2) is 4.79 Å². The summed E-state index contributed by atoms with van der Waals surface area (Å²) in [5.41, 5.74) is 5.59. The molecule has 190 valence electrons. The first-order valence-corrected chi connectivity index (χ1v) is 11.2. The highest BCUT2D eigenvalue weighted by Gasteiger charge is 2.31. The molecule has 3 amide bonds. The molecule has 4 atom stereocenters. The highest BCUT2D eigenvalue weighted by molar-refractivity contribution is 5.94. The lowest BCUT2D eigenvalue weighted by atomic mass is 9.99. The van der Waals surface area contributed by atoms with Gasteiger partial charge < -0.3 is 31.9 Å². The molecule has 0 aliphatic rings. The molecule has 0 fully saturated rings. The number of nitrogens with two attached hydrogens (primary N) is 1. The molecule has 0 aromatic rings. The minimum absolute atomic E-state index is 0.00319. The number of nitrogens with one attached hydrogen (secondary N) is 3. The smallest absolute Gasteiger partial charge is 0.326 e. The third-order valence-electron chi connectivity index (χ3n) is 4.73. The molecule has 0 aliphatic heterocycles. The van der Waals surface area contributed by atoms with Crippen LogP contribution in [0.5, 0.6) is 0 Å². The molecule has 0 saturated carbocycles. The monoisotopic (exact) mass is 472 g/mol. The van der Waals surface area contributed by atoms with Crippen LogP contribution >= 0.6 is 0 Å². The Labute approximate surface area is 195 Å². The predicted molar refractivity (Wildman–Crippen MR) is 122 cm³/mol. The van der Waals surface area contributed by atoms with Crippen molar-refractivity contribution in [3.8, 4) is 0 Å². The van der Waals surface area contributed by atoms with Crippen LogP contribution < -0.4 is 21.7 Å². The lowest BCUT2D eigenvalue weighted by molar-refractivity contribution is -0.143. The summed E-state index contributed by atoms with van der Waals surface area (Å²) in [5.74, 6) is -4.41. The van der Waals surface area contributed by atoms with Crippen molar-refractivity contribution < 1.29 is 34.2 Å². The third kappa shape index (κ3) is 12.8. The maximum Gasteiger partial charge on any atom is 0.326 e. The van der Waals surface area contributed by atoms with E-state index in [4.69, 9.17) is 10.8 Å². The largest absolute Gasteiger partial charge is 0.481 e. The Morgan fingerprint density at radius 3 is 1.30 bits per heavy atom. The number of rotatable bonds is 15. The van der Waals surface area contributed by atoms with Crippen molar-refractivity contribution in [1.29, 1.82) is 0 Å². The maximum atomic E-state index is 13.0. The summed E-state index contributed by atoms with van der Waals surface area (Å²) in [6.07, 6.45) is 0.133. The van der Waals surface area contributed by atoms with E-state index >= 15 is 0 Å². The second-order valence-corrected chi connectivity index (χ2v) is 9.61. The van der Waals surface area contributed by atoms with Crippen molar-refractivity contribution in [1.82, 2.24) is 16.0 Å². The fraction of sp³-hybridized carbons (Fsp3) is 0.773. The number of amides is 3. The Kier molecular flexibility index (Phi) is 13.3. The summed E-state index contributed by atoms with van der Waals surface area (Å²) < 4.78 is 0. The zero-order chi connectivity index (χ0) is 25.9. The van der Waals surface area contributed by atoms with E-state index in [2.05, 4.69) is 16.0 Å². The summed E-state index contributed by atoms with van der Waals surface area (Å²) in [5, 5.41) is 25.8. The van der Waals surface area contributed by atoms with Crippen molar-refractivity contribution in [2.45, 2.75) is 91.4 Å². The molecule has 11 nitrogen and oxygen atoms in total. The van der Waals surface area contributed by atoms with Crippen molar-refractivity contribution in [2.75, 3.05) is 0 Å². The van der Waals surface area contributed by atoms with Crippen LogP contribution in [0.15, 0.2) is 0 Å². The van der Waals surface area contributed by atoms with Crippen LogP contribution in [0.25, 0.3) is 0 Å². The second-order valence-electron chi connectivity index (χ2n) is 9.61. The molecule has 7 N–H and O–H groups in total. The van der Waals surface area contributed by atoms with Crippen LogP contribution in [0.2, 0.25) is 0 Å². The van der Waals surface area contributed by atoms with Crippen molar-refractivity contribution in [2.24, 2.45) is 23.5 Å². The Bertz CT molecular complexity index is 694. The van der Waals surface area contributed by atoms with E-state index < -0.39 is 60.2 Å². The molecule has 0 aliphatic carbocycles. The molecule has 0 radical (unpaired) electrons. The second kappa shape index (κ2) is 14.5. The predicted octanol–water partition coefficient (Wildman–Crippen LogP) is 0.466. The highest BCUT2D eigenvalue weighted by Crippen LogP contribution is 2.11. The molecular weight excluding hydrogens is 432 g/mol. The zero-order valence-electron chi connectivity index (χ0n) is 20.4. The van der Waals surface area contributed by atoms with Gasteiger partial charge in [-0.1, -0.05) is 41.5 Å². The lowest BCUT2D eigenvalue weighted by Crippen LogP contribution is -2.57. The fourth-order valence-corrected chi connectivity index (χ4v) is 3.20. The summed E-state index contributed by atoms with van der Waals surface area (Å²) in [6, 6.07) is -4.46. The number of carbonyl (C=O) groups excluding carboxylic acids is 3. The van der Waals surface area contributed by atoms with E-state index in [0.29, 0.717) is 0 Å². The van der Waals surface area contributed by atoms with Crippen LogP contribution in [0.3, 0.4) is 0 Å². The van der Waals surface area contributed by atoms with Gasteiger partial charge in [0.15, 0.2) is 0 Å². The molecule has 0 spiro atoms. The fourth-order valence-electron chi connectivity index (χ4n) is 3.20. The van der Waals surface area contributed by atoms with E-state index in [1.807, 2.05) is 41.5 Å². The van der Waals surface area contributed by atoms with Gasteiger partial charge in [-0.2, -0.15) is 0 Å². The first-order valence-electron chi connectivity index (χ1n) is 11.2. The van der Waals surface area contributed by atoms with Crippen molar-refractivity contribution in [3.05, 3.63) is 0 Å². The maximum absolute atomic E-state index is 13.0. The van der Waals surface area contributed by atoms with Gasteiger partial charge in [-0.15, -0.1) is 0 Å². The van der Waals surface area contributed by atoms with Gasteiger partial charge in [-0.3, -0.25) is 19.2 Å². The molecule has 11 heteroatoms. The van der Waals surface area contributed by atoms with E-state index in [1.54, 1.807) is 0 Å². The minimum Gasteiger partial charge on any atom is -0.481 e. The molecule has 0 rings (SSSR count). The molecular formula is C22H40N4O7. The van der Waals surface area contributed by atoms with Crippen LogP contribution in [0.1, 0.15) is 67.2 Å². The third-order valence-corrected chi connectivity index (χ3v) is 4.73. The van der Waals surface area contributed by atoms with E-state index in [-0.39, 0.29) is 37.0 Å². The molecule has 0 heterocycles.